The first-order valence-electron chi connectivity index (χ1n) is 7.83. The highest BCUT2D eigenvalue weighted by atomic mass is 16.1. The van der Waals surface area contributed by atoms with Crippen LogP contribution in [0.2, 0.25) is 0 Å². The molecule has 1 saturated heterocycles. The lowest BCUT2D eigenvalue weighted by atomic mass is 9.80. The van der Waals surface area contributed by atoms with Gasteiger partial charge in [0.15, 0.2) is 11.4 Å². The Morgan fingerprint density at radius 2 is 2.13 bits per heavy atom. The molecule has 0 aliphatic carbocycles. The Labute approximate surface area is 134 Å². The van der Waals surface area contributed by atoms with Crippen molar-refractivity contribution in [3.8, 4) is 0 Å². The lowest BCUT2D eigenvalue weighted by Crippen LogP contribution is -2.65. The van der Waals surface area contributed by atoms with E-state index in [0.29, 0.717) is 17.8 Å². The zero-order valence-corrected chi connectivity index (χ0v) is 12.7. The summed E-state index contributed by atoms with van der Waals surface area (Å²) in [6.07, 6.45) is 9.15. The molecule has 6 nitrogen and oxygen atoms in total. The minimum absolute atomic E-state index is 0.0881. The number of rotatable bonds is 2. The van der Waals surface area contributed by atoms with Crippen LogP contribution in [0.25, 0.3) is 0 Å². The summed E-state index contributed by atoms with van der Waals surface area (Å²) < 4.78 is 0. The van der Waals surface area contributed by atoms with E-state index in [2.05, 4.69) is 20.8 Å². The van der Waals surface area contributed by atoms with Crippen LogP contribution in [0.3, 0.4) is 0 Å². The summed E-state index contributed by atoms with van der Waals surface area (Å²) in [5.41, 5.74) is 9.25. The average molecular weight is 309 g/mol. The molecule has 23 heavy (non-hydrogen) atoms. The van der Waals surface area contributed by atoms with Crippen LogP contribution in [-0.2, 0) is 0 Å². The number of hydrogen-bond donors (Lipinski definition) is 3. The maximum absolute atomic E-state index is 12.8. The normalized spacial score (nSPS) is 34.3. The molecule has 118 valence electrons. The molecule has 1 aromatic carbocycles. The summed E-state index contributed by atoms with van der Waals surface area (Å²) in [4.78, 5) is 17.5. The molecule has 1 aromatic rings. The van der Waals surface area contributed by atoms with E-state index in [0.717, 1.165) is 12.8 Å². The monoisotopic (exact) mass is 309 g/mol. The maximum Gasteiger partial charge on any atom is 0.167 e. The number of Topliss-reactive ketones (excluding diaryl/α,β-unsaturated/α-hetero) is 1. The second-order valence-electron chi connectivity index (χ2n) is 6.34. The van der Waals surface area contributed by atoms with Crippen LogP contribution in [0.4, 0.5) is 5.69 Å². The van der Waals surface area contributed by atoms with Crippen LogP contribution in [0, 0.1) is 5.92 Å². The number of aliphatic imine (C=N–C) groups is 1. The Morgan fingerprint density at radius 3 is 2.96 bits per heavy atom. The van der Waals surface area contributed by atoms with Gasteiger partial charge < -0.3 is 5.73 Å². The first-order chi connectivity index (χ1) is 11.1. The molecule has 0 aromatic heterocycles. The Kier molecular flexibility index (Phi) is 3.09. The van der Waals surface area contributed by atoms with Gasteiger partial charge in [0.1, 0.15) is 5.54 Å². The van der Waals surface area contributed by atoms with E-state index < -0.39 is 11.2 Å². The lowest BCUT2D eigenvalue weighted by Gasteiger charge is -2.39. The van der Waals surface area contributed by atoms with Crippen molar-refractivity contribution in [3.63, 3.8) is 0 Å². The quantitative estimate of drug-likeness (QED) is 0.564. The largest absolute Gasteiger partial charge is 0.399 e. The van der Waals surface area contributed by atoms with E-state index in [1.807, 2.05) is 18.4 Å². The molecule has 4 N–H and O–H groups in total. The Hall–Kier alpha value is -2.47. The van der Waals surface area contributed by atoms with Gasteiger partial charge in [-0.15, -0.1) is 0 Å². The zero-order valence-electron chi connectivity index (χ0n) is 12.7. The highest BCUT2D eigenvalue weighted by Crippen LogP contribution is 2.38. The summed E-state index contributed by atoms with van der Waals surface area (Å²) in [6, 6.07) is 7.13. The molecular weight excluding hydrogens is 290 g/mol. The predicted octanol–water partition coefficient (Wildman–Crippen LogP) is 1.12. The number of nitrogens with zero attached hydrogens (tertiary/aromatic N) is 2. The van der Waals surface area contributed by atoms with Crippen molar-refractivity contribution in [2.45, 2.75) is 24.0 Å². The topological polar surface area (TPSA) is 91.9 Å². The second kappa shape index (κ2) is 5.03. The van der Waals surface area contributed by atoms with Crippen LogP contribution in [0.1, 0.15) is 23.2 Å². The van der Waals surface area contributed by atoms with E-state index in [9.17, 15) is 4.79 Å². The Morgan fingerprint density at radius 1 is 1.30 bits per heavy atom. The van der Waals surface area contributed by atoms with Crippen LogP contribution in [0.5, 0.6) is 0 Å². The average Bonchev–Trinajstić information content (AvgIpc) is 2.86. The molecule has 0 radical (unpaired) electrons. The third kappa shape index (κ3) is 2.09. The second-order valence-corrected chi connectivity index (χ2v) is 6.34. The molecule has 3 atom stereocenters. The minimum atomic E-state index is -0.516. The molecule has 6 heteroatoms. The van der Waals surface area contributed by atoms with Crippen LogP contribution < -0.4 is 16.5 Å². The van der Waals surface area contributed by atoms with Gasteiger partial charge in [-0.2, -0.15) is 5.10 Å². The molecule has 0 amide bonds. The van der Waals surface area contributed by atoms with Gasteiger partial charge in [-0.25, -0.2) is 0 Å². The van der Waals surface area contributed by atoms with Gasteiger partial charge in [0.25, 0.3) is 0 Å². The molecule has 3 aliphatic rings. The Bertz CT molecular complexity index is 723. The number of nitrogens with two attached hydrogens (primary N) is 1. The fourth-order valence-corrected chi connectivity index (χ4v) is 3.58. The SMILES string of the molecule is Nc1ccc(C(=O)C2CCC34C=NNC3(C=CC=N4)NC2)cc1. The van der Waals surface area contributed by atoms with Crippen LogP contribution in [0.15, 0.2) is 46.5 Å². The van der Waals surface area contributed by atoms with Crippen molar-refractivity contribution < 1.29 is 4.79 Å². The molecular formula is C17H19N5O. The van der Waals surface area contributed by atoms with E-state index in [1.165, 1.54) is 0 Å². The van der Waals surface area contributed by atoms with Gasteiger partial charge in [-0.05, 0) is 49.3 Å². The van der Waals surface area contributed by atoms with Gasteiger partial charge in [-0.1, -0.05) is 0 Å². The standard InChI is InChI=1S/C17H19N5O/c18-14-4-2-12(3-5-14)15(23)13-6-8-16-11-21-22-17(16,20-10-13)7-1-9-19-16/h1-5,7,9,11,13,20,22H,6,8,10,18H2. The van der Waals surface area contributed by atoms with Crippen molar-refractivity contribution in [3.05, 3.63) is 42.0 Å². The van der Waals surface area contributed by atoms with Gasteiger partial charge in [0.05, 0.1) is 6.21 Å². The summed E-state index contributed by atoms with van der Waals surface area (Å²) in [7, 11) is 0. The van der Waals surface area contributed by atoms with E-state index in [1.54, 1.807) is 30.5 Å². The summed E-state index contributed by atoms with van der Waals surface area (Å²) in [5.74, 6) is 0.0572. The maximum atomic E-state index is 12.8. The molecule has 3 aliphatic heterocycles. The van der Waals surface area contributed by atoms with Crippen LogP contribution in [-0.4, -0.2) is 36.0 Å². The van der Waals surface area contributed by atoms with Crippen molar-refractivity contribution >= 4 is 23.9 Å². The van der Waals surface area contributed by atoms with Crippen LogP contribution >= 0.6 is 0 Å². The molecule has 4 rings (SSSR count). The first kappa shape index (κ1) is 14.1. The van der Waals surface area contributed by atoms with Crippen molar-refractivity contribution in [1.29, 1.82) is 0 Å². The van der Waals surface area contributed by atoms with Gasteiger partial charge in [0.2, 0.25) is 0 Å². The number of anilines is 1. The van der Waals surface area contributed by atoms with E-state index >= 15 is 0 Å². The number of benzene rings is 1. The fourth-order valence-electron chi connectivity index (χ4n) is 3.58. The third-order valence-corrected chi connectivity index (χ3v) is 5.01. The third-order valence-electron chi connectivity index (χ3n) is 5.01. The summed E-state index contributed by atoms with van der Waals surface area (Å²) >= 11 is 0. The van der Waals surface area contributed by atoms with Crippen molar-refractivity contribution in [1.82, 2.24) is 10.7 Å². The molecule has 1 fully saturated rings. The first-order valence-corrected chi connectivity index (χ1v) is 7.83. The van der Waals surface area contributed by atoms with Gasteiger partial charge in [0, 0.05) is 29.9 Å². The predicted molar refractivity (Wildman–Crippen MR) is 90.6 cm³/mol. The summed E-state index contributed by atoms with van der Waals surface area (Å²) in [5, 5.41) is 7.71. The highest BCUT2D eigenvalue weighted by molar-refractivity contribution is 5.98. The molecule has 0 saturated carbocycles. The van der Waals surface area contributed by atoms with Crippen molar-refractivity contribution in [2.24, 2.45) is 16.0 Å². The number of hydrogen-bond acceptors (Lipinski definition) is 6. The molecule has 3 unspecified atom stereocenters. The number of allylic oxidation sites excluding steroid dienone is 1. The van der Waals surface area contributed by atoms with Gasteiger partial charge in [-0.3, -0.25) is 20.5 Å². The number of nitrogen functional groups attached to an aromatic ring is 1. The molecule has 3 heterocycles. The number of nitrogens with one attached hydrogen (secondary N) is 2. The molecule has 0 bridgehead atoms. The molecule has 0 spiro atoms. The van der Waals surface area contributed by atoms with Gasteiger partial charge >= 0.3 is 0 Å². The number of dihydropyridines is 1. The fraction of sp³-hybridized carbons (Fsp3) is 0.353. The zero-order chi connectivity index (χ0) is 15.9. The van der Waals surface area contributed by atoms with E-state index in [-0.39, 0.29) is 11.7 Å². The number of carbonyl (C=O) groups excluding carboxylic acids is 1. The lowest BCUT2D eigenvalue weighted by molar-refractivity contribution is 0.0913. The Balaban J connectivity index is 1.59. The van der Waals surface area contributed by atoms with Crippen molar-refractivity contribution in [2.75, 3.05) is 12.3 Å². The highest BCUT2D eigenvalue weighted by Gasteiger charge is 2.55. The minimum Gasteiger partial charge on any atom is -0.399 e. The number of hydrazone groups is 1. The number of ketones is 1. The van der Waals surface area contributed by atoms with E-state index in [4.69, 9.17) is 5.73 Å². The summed E-state index contributed by atoms with van der Waals surface area (Å²) in [6.45, 7) is 0.585. The number of carbonyl (C=O) groups is 1. The smallest absolute Gasteiger partial charge is 0.167 e.